The van der Waals surface area contributed by atoms with E-state index >= 15 is 0 Å². The molecule has 1 heterocycles. The number of carbonyl (C=O) groups excluding carboxylic acids is 1. The molecule has 0 aliphatic carbocycles. The Hall–Kier alpha value is -1.00. The Labute approximate surface area is 132 Å². The Kier molecular flexibility index (Phi) is 6.12. The first-order chi connectivity index (χ1) is 10.1. The highest BCUT2D eigenvalue weighted by atomic mass is 32.2. The summed E-state index contributed by atoms with van der Waals surface area (Å²) in [6.07, 6.45) is 0.787. The van der Waals surface area contributed by atoms with E-state index in [1.807, 2.05) is 24.8 Å². The van der Waals surface area contributed by atoms with Crippen LogP contribution in [-0.4, -0.2) is 42.1 Å². The van der Waals surface area contributed by atoms with Crippen LogP contribution in [0.3, 0.4) is 0 Å². The van der Waals surface area contributed by atoms with Crippen molar-refractivity contribution in [2.75, 3.05) is 26.0 Å². The molecule has 1 aliphatic rings. The van der Waals surface area contributed by atoms with Crippen molar-refractivity contribution in [3.63, 3.8) is 0 Å². The molecular weight excluding hydrogens is 282 g/mol. The zero-order chi connectivity index (χ0) is 15.2. The number of amides is 1. The number of nitrogens with zero attached hydrogens (tertiary/aromatic N) is 1. The minimum Gasteiger partial charge on any atom is -0.385 e. The van der Waals surface area contributed by atoms with Crippen molar-refractivity contribution in [3.8, 4) is 0 Å². The number of benzene rings is 1. The maximum absolute atomic E-state index is 12.8. The van der Waals surface area contributed by atoms with Crippen LogP contribution in [0.25, 0.3) is 0 Å². The maximum atomic E-state index is 12.8. The summed E-state index contributed by atoms with van der Waals surface area (Å²) in [6, 6.07) is 10.6. The Morgan fingerprint density at radius 3 is 2.81 bits per heavy atom. The van der Waals surface area contributed by atoms with Crippen molar-refractivity contribution < 1.29 is 9.53 Å². The summed E-state index contributed by atoms with van der Waals surface area (Å²) >= 11 is 1.95. The summed E-state index contributed by atoms with van der Waals surface area (Å²) in [5, 5.41) is 0.430. The molecule has 0 spiro atoms. The molecule has 0 bridgehead atoms. The molecule has 0 N–H and O–H groups in total. The van der Waals surface area contributed by atoms with E-state index in [-0.39, 0.29) is 17.9 Å². The van der Waals surface area contributed by atoms with Crippen LogP contribution in [0.2, 0.25) is 0 Å². The minimum atomic E-state index is 0.0199. The molecule has 1 amide bonds. The highest BCUT2D eigenvalue weighted by Gasteiger charge is 2.34. The summed E-state index contributed by atoms with van der Waals surface area (Å²) in [4.78, 5) is 14.9. The molecule has 0 saturated carbocycles. The molecular formula is C17H25NO2S. The van der Waals surface area contributed by atoms with Crippen molar-refractivity contribution in [2.24, 2.45) is 5.92 Å². The lowest BCUT2D eigenvalue weighted by atomic mass is 9.99. The molecule has 1 fully saturated rings. The third-order valence-electron chi connectivity index (χ3n) is 4.09. The topological polar surface area (TPSA) is 29.5 Å². The van der Waals surface area contributed by atoms with Gasteiger partial charge in [-0.3, -0.25) is 4.79 Å². The first-order valence-electron chi connectivity index (χ1n) is 7.61. The zero-order valence-corrected chi connectivity index (χ0v) is 13.9. The molecule has 116 valence electrons. The Morgan fingerprint density at radius 1 is 1.43 bits per heavy atom. The van der Waals surface area contributed by atoms with Crippen LogP contribution in [0.15, 0.2) is 30.3 Å². The third kappa shape index (κ3) is 4.01. The van der Waals surface area contributed by atoms with E-state index in [1.165, 1.54) is 5.56 Å². The van der Waals surface area contributed by atoms with Gasteiger partial charge in [-0.05, 0) is 12.0 Å². The van der Waals surface area contributed by atoms with Crippen LogP contribution < -0.4 is 0 Å². The van der Waals surface area contributed by atoms with Gasteiger partial charge in [0.05, 0.1) is 6.04 Å². The van der Waals surface area contributed by atoms with E-state index in [0.29, 0.717) is 11.9 Å². The van der Waals surface area contributed by atoms with Crippen LogP contribution in [0.1, 0.15) is 31.9 Å². The molecule has 1 aromatic rings. The number of carbonyl (C=O) groups is 1. The van der Waals surface area contributed by atoms with Crippen molar-refractivity contribution in [2.45, 2.75) is 31.6 Å². The van der Waals surface area contributed by atoms with Crippen molar-refractivity contribution in [1.82, 2.24) is 4.90 Å². The van der Waals surface area contributed by atoms with Gasteiger partial charge >= 0.3 is 0 Å². The zero-order valence-electron chi connectivity index (χ0n) is 13.1. The van der Waals surface area contributed by atoms with Gasteiger partial charge in [-0.1, -0.05) is 44.2 Å². The molecule has 3 atom stereocenters. The molecule has 21 heavy (non-hydrogen) atoms. The van der Waals surface area contributed by atoms with E-state index in [4.69, 9.17) is 4.74 Å². The van der Waals surface area contributed by atoms with Gasteiger partial charge in [0, 0.05) is 37.2 Å². The average Bonchev–Trinajstić information content (AvgIpc) is 2.52. The SMILES string of the molecule is COCC[C@H](C)C(=O)N1CCS[C@H](C)[C@H]1c1ccccc1. The fraction of sp³-hybridized carbons (Fsp3) is 0.588. The van der Waals surface area contributed by atoms with E-state index in [0.717, 1.165) is 18.7 Å². The number of thioether (sulfide) groups is 1. The second-order valence-electron chi connectivity index (χ2n) is 5.65. The quantitative estimate of drug-likeness (QED) is 0.835. The predicted molar refractivity (Wildman–Crippen MR) is 88.5 cm³/mol. The van der Waals surface area contributed by atoms with Gasteiger partial charge in [0.15, 0.2) is 0 Å². The van der Waals surface area contributed by atoms with Crippen LogP contribution in [0, 0.1) is 5.92 Å². The molecule has 2 rings (SSSR count). The minimum absolute atomic E-state index is 0.0199. The van der Waals surface area contributed by atoms with Crippen LogP contribution in [-0.2, 0) is 9.53 Å². The lowest BCUT2D eigenvalue weighted by molar-refractivity contribution is -0.138. The predicted octanol–water partition coefficient (Wildman–Crippen LogP) is 3.36. The van der Waals surface area contributed by atoms with Crippen LogP contribution >= 0.6 is 11.8 Å². The van der Waals surface area contributed by atoms with Gasteiger partial charge < -0.3 is 9.64 Å². The summed E-state index contributed by atoms with van der Waals surface area (Å²) in [5.41, 5.74) is 1.24. The Morgan fingerprint density at radius 2 is 2.14 bits per heavy atom. The fourth-order valence-corrected chi connectivity index (χ4v) is 4.03. The molecule has 1 aromatic carbocycles. The lowest BCUT2D eigenvalue weighted by Crippen LogP contribution is -2.46. The highest BCUT2D eigenvalue weighted by Crippen LogP contribution is 2.36. The Balaban J connectivity index is 2.16. The number of ether oxygens (including phenoxy) is 1. The van der Waals surface area contributed by atoms with Crippen molar-refractivity contribution in [3.05, 3.63) is 35.9 Å². The van der Waals surface area contributed by atoms with Crippen LogP contribution in [0.4, 0.5) is 0 Å². The second kappa shape index (κ2) is 7.85. The standard InChI is InChI=1S/C17H25NO2S/c1-13(9-11-20-3)17(19)18-10-12-21-14(2)16(18)15-7-5-4-6-8-15/h4-8,13-14,16H,9-12H2,1-3H3/t13-,14+,16-/m0/s1. The molecule has 0 radical (unpaired) electrons. The summed E-state index contributed by atoms with van der Waals surface area (Å²) in [5.74, 6) is 1.30. The molecule has 0 aromatic heterocycles. The van der Waals surface area contributed by atoms with Crippen molar-refractivity contribution in [1.29, 1.82) is 0 Å². The van der Waals surface area contributed by atoms with Gasteiger partial charge in [-0.25, -0.2) is 0 Å². The highest BCUT2D eigenvalue weighted by molar-refractivity contribution is 8.00. The lowest BCUT2D eigenvalue weighted by Gasteiger charge is -2.41. The van der Waals surface area contributed by atoms with Crippen molar-refractivity contribution >= 4 is 17.7 Å². The van der Waals surface area contributed by atoms with Gasteiger partial charge in [-0.2, -0.15) is 11.8 Å². The average molecular weight is 307 g/mol. The fourth-order valence-electron chi connectivity index (χ4n) is 2.87. The second-order valence-corrected chi connectivity index (χ2v) is 7.13. The monoisotopic (exact) mass is 307 g/mol. The van der Waals surface area contributed by atoms with E-state index in [9.17, 15) is 4.79 Å². The number of rotatable bonds is 5. The van der Waals surface area contributed by atoms with Gasteiger partial charge in [0.25, 0.3) is 0 Å². The summed E-state index contributed by atoms with van der Waals surface area (Å²) < 4.78 is 5.11. The molecule has 3 nitrogen and oxygen atoms in total. The van der Waals surface area contributed by atoms with Gasteiger partial charge in [0.1, 0.15) is 0 Å². The maximum Gasteiger partial charge on any atom is 0.226 e. The number of methoxy groups -OCH3 is 1. The number of hydrogen-bond acceptors (Lipinski definition) is 3. The first kappa shape index (κ1) is 16.4. The smallest absolute Gasteiger partial charge is 0.226 e. The molecule has 0 unspecified atom stereocenters. The largest absolute Gasteiger partial charge is 0.385 e. The number of hydrogen-bond donors (Lipinski definition) is 0. The first-order valence-corrected chi connectivity index (χ1v) is 8.66. The third-order valence-corrected chi connectivity index (χ3v) is 5.30. The summed E-state index contributed by atoms with van der Waals surface area (Å²) in [6.45, 7) is 5.71. The molecule has 4 heteroatoms. The van der Waals surface area contributed by atoms with E-state index in [1.54, 1.807) is 7.11 Å². The van der Waals surface area contributed by atoms with E-state index in [2.05, 4.69) is 36.1 Å². The van der Waals surface area contributed by atoms with Crippen LogP contribution in [0.5, 0.6) is 0 Å². The molecule has 1 aliphatic heterocycles. The Bertz CT molecular complexity index is 451. The van der Waals surface area contributed by atoms with Gasteiger partial charge in [-0.15, -0.1) is 0 Å². The van der Waals surface area contributed by atoms with Gasteiger partial charge in [0.2, 0.25) is 5.91 Å². The van der Waals surface area contributed by atoms with E-state index < -0.39 is 0 Å². The summed E-state index contributed by atoms with van der Waals surface area (Å²) in [7, 11) is 1.68. The normalized spacial score (nSPS) is 23.9. The molecule has 1 saturated heterocycles.